The fraction of sp³-hybridized carbons (Fsp3) is 0.182. The van der Waals surface area contributed by atoms with Crippen LogP contribution >= 0.6 is 0 Å². The molecule has 1 aliphatic rings. The number of carbonyl (C=O) groups is 1. The third-order valence-corrected chi connectivity index (χ3v) is 5.75. The van der Waals surface area contributed by atoms with Crippen LogP contribution in [0.3, 0.4) is 0 Å². The van der Waals surface area contributed by atoms with E-state index in [1.165, 1.54) is 29.4 Å². The average molecular weight is 480 g/mol. The summed E-state index contributed by atoms with van der Waals surface area (Å²) >= 11 is 0. The third kappa shape index (κ3) is 3.52. The van der Waals surface area contributed by atoms with Crippen molar-refractivity contribution in [1.82, 2.24) is 39.7 Å². The average Bonchev–Trinajstić information content (AvgIpc) is 3.61. The smallest absolute Gasteiger partial charge is 0.411 e. The Balaban J connectivity index is 1.42. The van der Waals surface area contributed by atoms with E-state index in [4.69, 9.17) is 4.42 Å². The van der Waals surface area contributed by atoms with Gasteiger partial charge in [0.15, 0.2) is 0 Å². The highest BCUT2D eigenvalue weighted by atomic mass is 19.4. The number of H-pyrrole nitrogens is 1. The number of hydrogen-bond acceptors (Lipinski definition) is 7. The van der Waals surface area contributed by atoms with Crippen molar-refractivity contribution < 1.29 is 22.4 Å². The number of alkyl halides is 3. The summed E-state index contributed by atoms with van der Waals surface area (Å²) in [6, 6.07) is 9.56. The molecule has 0 radical (unpaired) electrons. The first-order chi connectivity index (χ1) is 16.9. The second-order valence-corrected chi connectivity index (χ2v) is 7.86. The molecule has 1 amide bonds. The lowest BCUT2D eigenvalue weighted by atomic mass is 9.99. The molecule has 0 aliphatic carbocycles. The van der Waals surface area contributed by atoms with Crippen molar-refractivity contribution in [3.63, 3.8) is 0 Å². The number of imidazole rings is 1. The first-order valence-electron chi connectivity index (χ1n) is 10.5. The van der Waals surface area contributed by atoms with Gasteiger partial charge in [0, 0.05) is 24.9 Å². The number of aromatic nitrogens is 7. The van der Waals surface area contributed by atoms with E-state index in [2.05, 4.69) is 30.2 Å². The summed E-state index contributed by atoms with van der Waals surface area (Å²) < 4.78 is 47.1. The van der Waals surface area contributed by atoms with E-state index in [0.717, 1.165) is 16.3 Å². The molecule has 0 saturated carbocycles. The molecule has 0 saturated heterocycles. The lowest BCUT2D eigenvalue weighted by molar-refractivity contribution is -0.142. The molecule has 176 valence electrons. The molecule has 1 aliphatic heterocycles. The summed E-state index contributed by atoms with van der Waals surface area (Å²) in [6.07, 6.45) is -1.11. The van der Waals surface area contributed by atoms with E-state index < -0.39 is 23.8 Å². The molecule has 0 aromatic carbocycles. The number of fused-ring (bicyclic) bond motifs is 2. The molecule has 1 N–H and O–H groups in total. The molecule has 0 unspecified atom stereocenters. The zero-order valence-electron chi connectivity index (χ0n) is 17.8. The molecule has 0 fully saturated rings. The third-order valence-electron chi connectivity index (χ3n) is 5.75. The van der Waals surface area contributed by atoms with Gasteiger partial charge >= 0.3 is 18.0 Å². The van der Waals surface area contributed by atoms with Gasteiger partial charge < -0.3 is 14.3 Å². The summed E-state index contributed by atoms with van der Waals surface area (Å²) in [5.74, 6) is -0.786. The standard InChI is InChI=1S/C22H15F3N8O2/c23-22(24,25)16-6-3-4-12-10-15(31-33(12)16)18-17-13(27-11-28-17)7-9-32(18)21(34)20-30-29-19(35-20)14-5-1-2-8-26-14/h1-6,8,10-11,18H,7,9H2,(H,27,28)/t18-/m0/s1. The van der Waals surface area contributed by atoms with Crippen LogP contribution in [0.5, 0.6) is 0 Å². The highest BCUT2D eigenvalue weighted by Gasteiger charge is 2.39. The Bertz CT molecular complexity index is 1540. The summed E-state index contributed by atoms with van der Waals surface area (Å²) in [5, 5.41) is 12.0. The van der Waals surface area contributed by atoms with Gasteiger partial charge in [-0.15, -0.1) is 10.2 Å². The maximum Gasteiger partial charge on any atom is 0.433 e. The molecule has 5 aromatic rings. The number of aromatic amines is 1. The van der Waals surface area contributed by atoms with Crippen molar-refractivity contribution >= 4 is 11.4 Å². The lowest BCUT2D eigenvalue weighted by Crippen LogP contribution is -2.41. The first-order valence-corrected chi connectivity index (χ1v) is 10.5. The maximum atomic E-state index is 13.6. The SMILES string of the molecule is O=C(c1nnc(-c2ccccn2)o1)N1CCc2[nH]cnc2[C@@H]1c1cc2cccc(C(F)(F)F)n2n1. The maximum absolute atomic E-state index is 13.6. The van der Waals surface area contributed by atoms with Crippen LogP contribution in [0.25, 0.3) is 17.1 Å². The Kier molecular flexibility index (Phi) is 4.65. The zero-order chi connectivity index (χ0) is 24.2. The van der Waals surface area contributed by atoms with Crippen LogP contribution < -0.4 is 0 Å². The molecule has 0 bridgehead atoms. The van der Waals surface area contributed by atoms with E-state index in [0.29, 0.717) is 17.8 Å². The van der Waals surface area contributed by atoms with E-state index in [1.807, 2.05) is 0 Å². The molecule has 35 heavy (non-hydrogen) atoms. The van der Waals surface area contributed by atoms with Gasteiger partial charge in [-0.2, -0.15) is 18.3 Å². The van der Waals surface area contributed by atoms with E-state index in [1.54, 1.807) is 24.4 Å². The highest BCUT2D eigenvalue weighted by Crippen LogP contribution is 2.36. The second kappa shape index (κ2) is 7.75. The number of hydrogen-bond donors (Lipinski definition) is 1. The number of halogens is 3. The number of pyridine rings is 2. The van der Waals surface area contributed by atoms with Crippen LogP contribution in [0.2, 0.25) is 0 Å². The molecular weight excluding hydrogens is 465 g/mol. The Morgan fingerprint density at radius 3 is 2.80 bits per heavy atom. The topological polar surface area (TPSA) is 118 Å². The summed E-state index contributed by atoms with van der Waals surface area (Å²) in [7, 11) is 0. The lowest BCUT2D eigenvalue weighted by Gasteiger charge is -2.32. The minimum Gasteiger partial charge on any atom is -0.411 e. The highest BCUT2D eigenvalue weighted by molar-refractivity contribution is 5.90. The van der Waals surface area contributed by atoms with E-state index in [9.17, 15) is 18.0 Å². The molecule has 13 heteroatoms. The fourth-order valence-electron chi connectivity index (χ4n) is 4.20. The van der Waals surface area contributed by atoms with Crippen LogP contribution in [-0.4, -0.2) is 52.1 Å². The number of amides is 1. The molecule has 6 rings (SSSR count). The second-order valence-electron chi connectivity index (χ2n) is 7.86. The molecule has 1 atom stereocenters. The fourth-order valence-corrected chi connectivity index (χ4v) is 4.20. The summed E-state index contributed by atoms with van der Waals surface area (Å²) in [4.78, 5) is 26.4. The van der Waals surface area contributed by atoms with Gasteiger partial charge in [0.25, 0.3) is 5.89 Å². The number of nitrogens with one attached hydrogen (secondary N) is 1. The first kappa shape index (κ1) is 21.0. The van der Waals surface area contributed by atoms with Gasteiger partial charge in [0.05, 0.1) is 23.2 Å². The van der Waals surface area contributed by atoms with Crippen LogP contribution in [0.4, 0.5) is 13.2 Å². The number of rotatable bonds is 3. The van der Waals surface area contributed by atoms with Gasteiger partial charge in [-0.3, -0.25) is 9.78 Å². The van der Waals surface area contributed by atoms with Crippen molar-refractivity contribution in [1.29, 1.82) is 0 Å². The molecule has 6 heterocycles. The normalized spacial score (nSPS) is 16.0. The Morgan fingerprint density at radius 1 is 1.11 bits per heavy atom. The minimum absolute atomic E-state index is 0.0746. The largest absolute Gasteiger partial charge is 0.433 e. The van der Waals surface area contributed by atoms with E-state index >= 15 is 0 Å². The number of nitrogens with zero attached hydrogens (tertiary/aromatic N) is 7. The summed E-state index contributed by atoms with van der Waals surface area (Å²) in [5.41, 5.74) is 1.21. The van der Waals surface area contributed by atoms with Crippen molar-refractivity contribution in [3.05, 3.63) is 83.7 Å². The number of carbonyl (C=O) groups excluding carboxylic acids is 1. The van der Waals surface area contributed by atoms with Gasteiger partial charge in [-0.25, -0.2) is 9.50 Å². The van der Waals surface area contributed by atoms with Crippen molar-refractivity contribution in [2.75, 3.05) is 6.54 Å². The van der Waals surface area contributed by atoms with Gasteiger partial charge in [0.2, 0.25) is 0 Å². The molecule has 5 aromatic heterocycles. The Hall–Kier alpha value is -4.55. The van der Waals surface area contributed by atoms with Gasteiger partial charge in [0.1, 0.15) is 17.4 Å². The molecule has 0 spiro atoms. The predicted molar refractivity (Wildman–Crippen MR) is 113 cm³/mol. The van der Waals surface area contributed by atoms with Crippen molar-refractivity contribution in [2.45, 2.75) is 18.6 Å². The van der Waals surface area contributed by atoms with E-state index in [-0.39, 0.29) is 29.5 Å². The van der Waals surface area contributed by atoms with Gasteiger partial charge in [-0.1, -0.05) is 12.1 Å². The van der Waals surface area contributed by atoms with Crippen molar-refractivity contribution in [2.24, 2.45) is 0 Å². The Morgan fingerprint density at radius 2 is 2.00 bits per heavy atom. The zero-order valence-corrected chi connectivity index (χ0v) is 17.8. The summed E-state index contributed by atoms with van der Waals surface area (Å²) in [6.45, 7) is 0.236. The minimum atomic E-state index is -4.60. The van der Waals surface area contributed by atoms with Gasteiger partial charge in [-0.05, 0) is 30.3 Å². The van der Waals surface area contributed by atoms with Crippen LogP contribution in [0.15, 0.2) is 59.4 Å². The Labute approximate surface area is 194 Å². The quantitative estimate of drug-likeness (QED) is 0.421. The van der Waals surface area contributed by atoms with Crippen molar-refractivity contribution in [3.8, 4) is 11.6 Å². The molecular formula is C22H15F3N8O2. The predicted octanol–water partition coefficient (Wildman–Crippen LogP) is 3.31. The monoisotopic (exact) mass is 480 g/mol. The van der Waals surface area contributed by atoms with Crippen LogP contribution in [-0.2, 0) is 12.6 Å². The van der Waals surface area contributed by atoms with Crippen LogP contribution in [0.1, 0.15) is 39.5 Å². The molecule has 10 nitrogen and oxygen atoms in total. The van der Waals surface area contributed by atoms with Crippen LogP contribution in [0, 0.1) is 0 Å².